The summed E-state index contributed by atoms with van der Waals surface area (Å²) in [6.45, 7) is -0.217. The standard InChI is InChI=1S/C13H14FNO2S2/c14-10-3-1-9(2-4-10)13-15-11(7-19-13)6-18-8-12(17)5-16/h1-4,7,12,16-17H,5-6,8H2. The van der Waals surface area contributed by atoms with Crippen molar-refractivity contribution in [2.45, 2.75) is 11.9 Å². The molecule has 2 N–H and O–H groups in total. The topological polar surface area (TPSA) is 53.4 Å². The van der Waals surface area contributed by atoms with Crippen LogP contribution in [0.15, 0.2) is 29.6 Å². The molecular weight excluding hydrogens is 285 g/mol. The highest BCUT2D eigenvalue weighted by molar-refractivity contribution is 7.98. The van der Waals surface area contributed by atoms with E-state index in [9.17, 15) is 9.50 Å². The zero-order valence-electron chi connectivity index (χ0n) is 10.1. The molecule has 0 aliphatic heterocycles. The van der Waals surface area contributed by atoms with Gasteiger partial charge in [0.1, 0.15) is 10.8 Å². The van der Waals surface area contributed by atoms with Crippen LogP contribution in [0.1, 0.15) is 5.69 Å². The van der Waals surface area contributed by atoms with E-state index >= 15 is 0 Å². The second kappa shape index (κ2) is 7.00. The molecule has 0 bridgehead atoms. The molecular formula is C13H14FNO2S2. The molecule has 0 aliphatic rings. The molecule has 0 amide bonds. The fourth-order valence-electron chi connectivity index (χ4n) is 1.45. The van der Waals surface area contributed by atoms with Crippen molar-refractivity contribution >= 4 is 23.1 Å². The van der Waals surface area contributed by atoms with Crippen molar-refractivity contribution in [1.82, 2.24) is 4.98 Å². The van der Waals surface area contributed by atoms with Crippen LogP contribution in [0.5, 0.6) is 0 Å². The molecule has 0 spiro atoms. The average Bonchev–Trinajstić information content (AvgIpc) is 2.88. The lowest BCUT2D eigenvalue weighted by molar-refractivity contribution is 0.113. The van der Waals surface area contributed by atoms with Gasteiger partial charge in [0, 0.05) is 22.4 Å². The Morgan fingerprint density at radius 2 is 2.05 bits per heavy atom. The molecule has 2 rings (SSSR count). The third-order valence-electron chi connectivity index (χ3n) is 2.41. The Bertz CT molecular complexity index is 516. The van der Waals surface area contributed by atoms with E-state index in [1.165, 1.54) is 35.2 Å². The molecule has 0 saturated heterocycles. The molecule has 102 valence electrons. The molecule has 0 fully saturated rings. The first kappa shape index (κ1) is 14.5. The van der Waals surface area contributed by atoms with E-state index in [0.29, 0.717) is 11.5 Å². The Hall–Kier alpha value is -0.950. The Morgan fingerprint density at radius 3 is 2.74 bits per heavy atom. The predicted molar refractivity (Wildman–Crippen MR) is 76.8 cm³/mol. The quantitative estimate of drug-likeness (QED) is 0.860. The first-order chi connectivity index (χ1) is 9.19. The van der Waals surface area contributed by atoms with Gasteiger partial charge in [-0.05, 0) is 24.3 Å². The first-order valence-corrected chi connectivity index (χ1v) is 7.79. The van der Waals surface area contributed by atoms with Crippen LogP contribution in [-0.4, -0.2) is 33.7 Å². The number of aliphatic hydroxyl groups excluding tert-OH is 2. The molecule has 1 aromatic carbocycles. The molecule has 1 atom stereocenters. The van der Waals surface area contributed by atoms with E-state index < -0.39 is 6.10 Å². The number of benzene rings is 1. The van der Waals surface area contributed by atoms with E-state index in [-0.39, 0.29) is 12.4 Å². The highest BCUT2D eigenvalue weighted by Gasteiger charge is 2.07. The van der Waals surface area contributed by atoms with Crippen LogP contribution < -0.4 is 0 Å². The number of hydrogen-bond donors (Lipinski definition) is 2. The number of aromatic nitrogens is 1. The summed E-state index contributed by atoms with van der Waals surface area (Å²) >= 11 is 3.04. The van der Waals surface area contributed by atoms with Gasteiger partial charge in [-0.2, -0.15) is 11.8 Å². The number of thiazole rings is 1. The lowest BCUT2D eigenvalue weighted by atomic mass is 10.2. The molecule has 0 radical (unpaired) electrons. The molecule has 6 heteroatoms. The number of halogens is 1. The molecule has 2 aromatic rings. The normalized spacial score (nSPS) is 12.6. The van der Waals surface area contributed by atoms with Crippen molar-refractivity contribution in [3.8, 4) is 10.6 Å². The van der Waals surface area contributed by atoms with Gasteiger partial charge in [-0.25, -0.2) is 9.37 Å². The van der Waals surface area contributed by atoms with Gasteiger partial charge in [0.15, 0.2) is 0 Å². The van der Waals surface area contributed by atoms with Crippen molar-refractivity contribution in [2.75, 3.05) is 12.4 Å². The van der Waals surface area contributed by atoms with Gasteiger partial charge in [-0.1, -0.05) is 0 Å². The third-order valence-corrected chi connectivity index (χ3v) is 4.47. The van der Waals surface area contributed by atoms with E-state index in [1.807, 2.05) is 5.38 Å². The molecule has 3 nitrogen and oxygen atoms in total. The summed E-state index contributed by atoms with van der Waals surface area (Å²) in [5.74, 6) is 0.920. The van der Waals surface area contributed by atoms with E-state index in [2.05, 4.69) is 4.98 Å². The third kappa shape index (κ3) is 4.28. The molecule has 19 heavy (non-hydrogen) atoms. The minimum absolute atomic E-state index is 0.217. The number of rotatable bonds is 6. The second-order valence-corrected chi connectivity index (χ2v) is 5.89. The molecule has 1 unspecified atom stereocenters. The van der Waals surface area contributed by atoms with Crippen LogP contribution in [0.3, 0.4) is 0 Å². The summed E-state index contributed by atoms with van der Waals surface area (Å²) in [5.41, 5.74) is 1.83. The van der Waals surface area contributed by atoms with Gasteiger partial charge in [0.2, 0.25) is 0 Å². The van der Waals surface area contributed by atoms with Gasteiger partial charge in [-0.3, -0.25) is 0 Å². The SMILES string of the molecule is OCC(O)CSCc1csc(-c2ccc(F)cc2)n1. The summed E-state index contributed by atoms with van der Waals surface area (Å²) in [4.78, 5) is 4.46. The Labute approximate surface area is 119 Å². The maximum atomic E-state index is 12.8. The zero-order valence-corrected chi connectivity index (χ0v) is 11.8. The Morgan fingerprint density at radius 1 is 1.32 bits per heavy atom. The fraction of sp³-hybridized carbons (Fsp3) is 0.308. The highest BCUT2D eigenvalue weighted by atomic mass is 32.2. The second-order valence-electron chi connectivity index (χ2n) is 4.00. The van der Waals surface area contributed by atoms with Gasteiger partial charge in [-0.15, -0.1) is 11.3 Å². The highest BCUT2D eigenvalue weighted by Crippen LogP contribution is 2.25. The number of aliphatic hydroxyl groups is 2. The van der Waals surface area contributed by atoms with Crippen molar-refractivity contribution in [1.29, 1.82) is 0 Å². The monoisotopic (exact) mass is 299 g/mol. The van der Waals surface area contributed by atoms with Crippen LogP contribution >= 0.6 is 23.1 Å². The van der Waals surface area contributed by atoms with Gasteiger partial charge >= 0.3 is 0 Å². The van der Waals surface area contributed by atoms with Crippen LogP contribution in [0.4, 0.5) is 4.39 Å². The first-order valence-electron chi connectivity index (χ1n) is 5.76. The van der Waals surface area contributed by atoms with Crippen LogP contribution in [0.2, 0.25) is 0 Å². The molecule has 1 aromatic heterocycles. The van der Waals surface area contributed by atoms with Crippen molar-refractivity contribution < 1.29 is 14.6 Å². The average molecular weight is 299 g/mol. The smallest absolute Gasteiger partial charge is 0.123 e. The lowest BCUT2D eigenvalue weighted by Crippen LogP contribution is -2.14. The maximum absolute atomic E-state index is 12.8. The molecule has 1 heterocycles. The summed E-state index contributed by atoms with van der Waals surface area (Å²) in [6, 6.07) is 6.26. The predicted octanol–water partition coefficient (Wildman–Crippen LogP) is 2.54. The van der Waals surface area contributed by atoms with Crippen LogP contribution in [-0.2, 0) is 5.75 Å². The summed E-state index contributed by atoms with van der Waals surface area (Å²) in [5, 5.41) is 20.7. The molecule has 0 aliphatic carbocycles. The summed E-state index contributed by atoms with van der Waals surface area (Å²) in [7, 11) is 0. The van der Waals surface area contributed by atoms with Crippen LogP contribution in [0, 0.1) is 5.82 Å². The molecule has 0 saturated carbocycles. The van der Waals surface area contributed by atoms with Crippen molar-refractivity contribution in [3.63, 3.8) is 0 Å². The number of thioether (sulfide) groups is 1. The minimum Gasteiger partial charge on any atom is -0.394 e. The Kier molecular flexibility index (Phi) is 5.33. The van der Waals surface area contributed by atoms with Crippen molar-refractivity contribution in [2.24, 2.45) is 0 Å². The van der Waals surface area contributed by atoms with Gasteiger partial charge < -0.3 is 10.2 Å². The summed E-state index contributed by atoms with van der Waals surface area (Å²) in [6.07, 6.45) is -0.680. The Balaban J connectivity index is 1.93. The van der Waals surface area contributed by atoms with E-state index in [4.69, 9.17) is 5.11 Å². The number of nitrogens with zero attached hydrogens (tertiary/aromatic N) is 1. The summed E-state index contributed by atoms with van der Waals surface area (Å²) < 4.78 is 12.8. The zero-order chi connectivity index (χ0) is 13.7. The van der Waals surface area contributed by atoms with Crippen LogP contribution in [0.25, 0.3) is 10.6 Å². The fourth-order valence-corrected chi connectivity index (χ4v) is 3.23. The van der Waals surface area contributed by atoms with E-state index in [0.717, 1.165) is 16.3 Å². The van der Waals surface area contributed by atoms with Gasteiger partial charge in [0.05, 0.1) is 18.4 Å². The number of hydrogen-bond acceptors (Lipinski definition) is 5. The maximum Gasteiger partial charge on any atom is 0.123 e. The minimum atomic E-state index is -0.680. The lowest BCUT2D eigenvalue weighted by Gasteiger charge is -2.04. The van der Waals surface area contributed by atoms with E-state index in [1.54, 1.807) is 12.1 Å². The van der Waals surface area contributed by atoms with Crippen molar-refractivity contribution in [3.05, 3.63) is 41.2 Å². The van der Waals surface area contributed by atoms with Gasteiger partial charge in [0.25, 0.3) is 0 Å². The largest absolute Gasteiger partial charge is 0.394 e.